The van der Waals surface area contributed by atoms with Crippen LogP contribution in [0, 0.1) is 5.41 Å². The van der Waals surface area contributed by atoms with Crippen LogP contribution in [-0.2, 0) is 4.79 Å². The molecule has 0 radical (unpaired) electrons. The topological polar surface area (TPSA) is 99.6 Å². The highest BCUT2D eigenvalue weighted by molar-refractivity contribution is 6.33. The lowest BCUT2D eigenvalue weighted by Crippen LogP contribution is -2.20. The Morgan fingerprint density at radius 3 is 2.54 bits per heavy atom. The lowest BCUT2D eigenvalue weighted by atomic mass is 9.72. The van der Waals surface area contributed by atoms with Crippen LogP contribution >= 0.6 is 11.6 Å². The number of carbonyl (C=O) groups is 2. The van der Waals surface area contributed by atoms with Gasteiger partial charge in [-0.3, -0.25) is 4.79 Å². The molecule has 0 saturated carbocycles. The predicted octanol–water partition coefficient (Wildman–Crippen LogP) is 6.98. The highest BCUT2D eigenvalue weighted by Gasteiger charge is 2.26. The Balaban J connectivity index is 1.68. The van der Waals surface area contributed by atoms with E-state index in [0.29, 0.717) is 11.0 Å². The minimum atomic E-state index is -0.905. The fourth-order valence-corrected chi connectivity index (χ4v) is 4.59. The summed E-state index contributed by atoms with van der Waals surface area (Å²) in [5.74, 6) is -1.52. The summed E-state index contributed by atoms with van der Waals surface area (Å²) in [7, 11) is 0. The zero-order valence-electron chi connectivity index (χ0n) is 21.8. The van der Waals surface area contributed by atoms with E-state index >= 15 is 0 Å². The molecular formula is C30H32ClNO5. The maximum Gasteiger partial charge on any atom is 0.349 e. The van der Waals surface area contributed by atoms with Crippen LogP contribution in [0.2, 0.25) is 5.02 Å². The van der Waals surface area contributed by atoms with Crippen LogP contribution in [-0.4, -0.2) is 11.9 Å². The smallest absolute Gasteiger partial charge is 0.349 e. The van der Waals surface area contributed by atoms with Gasteiger partial charge >= 0.3 is 11.6 Å². The third-order valence-electron chi connectivity index (χ3n) is 6.38. The molecule has 1 aliphatic carbocycles. The van der Waals surface area contributed by atoms with E-state index in [9.17, 15) is 14.4 Å². The van der Waals surface area contributed by atoms with Crippen molar-refractivity contribution in [2.24, 2.45) is 11.1 Å². The second-order valence-corrected chi connectivity index (χ2v) is 10.4. The maximum absolute atomic E-state index is 12.4. The molecule has 0 saturated heterocycles. The first-order valence-corrected chi connectivity index (χ1v) is 12.5. The zero-order valence-corrected chi connectivity index (χ0v) is 22.6. The maximum atomic E-state index is 12.4. The van der Waals surface area contributed by atoms with Crippen LogP contribution in [0.1, 0.15) is 64.2 Å². The van der Waals surface area contributed by atoms with Crippen molar-refractivity contribution in [1.82, 2.24) is 0 Å². The predicted molar refractivity (Wildman–Crippen MR) is 148 cm³/mol. The number of nitrogens with two attached hydrogens (primary N) is 1. The monoisotopic (exact) mass is 521 g/mol. The summed E-state index contributed by atoms with van der Waals surface area (Å²) in [6.07, 6.45) is 14.9. The van der Waals surface area contributed by atoms with Gasteiger partial charge in [0.2, 0.25) is 0 Å². The highest BCUT2D eigenvalue weighted by atomic mass is 35.5. The van der Waals surface area contributed by atoms with Crippen LogP contribution < -0.4 is 16.1 Å². The molecule has 1 heterocycles. The van der Waals surface area contributed by atoms with Crippen LogP contribution in [0.4, 0.5) is 0 Å². The van der Waals surface area contributed by atoms with Gasteiger partial charge in [0.25, 0.3) is 5.91 Å². The Labute approximate surface area is 221 Å². The van der Waals surface area contributed by atoms with E-state index in [-0.39, 0.29) is 27.3 Å². The molecule has 1 amide bonds. The van der Waals surface area contributed by atoms with Crippen LogP contribution in [0.3, 0.4) is 0 Å². The van der Waals surface area contributed by atoms with Crippen molar-refractivity contribution in [2.45, 2.75) is 53.9 Å². The molecule has 0 bridgehead atoms. The van der Waals surface area contributed by atoms with E-state index in [1.165, 1.54) is 48.3 Å². The van der Waals surface area contributed by atoms with Crippen molar-refractivity contribution >= 4 is 34.4 Å². The van der Waals surface area contributed by atoms with Crippen LogP contribution in [0.25, 0.3) is 11.0 Å². The number of hydrogen-bond donors (Lipinski definition) is 1. The van der Waals surface area contributed by atoms with E-state index in [1.54, 1.807) is 13.0 Å². The van der Waals surface area contributed by atoms with Gasteiger partial charge in [-0.05, 0) is 68.7 Å². The molecule has 1 aromatic heterocycles. The number of esters is 1. The first-order chi connectivity index (χ1) is 17.4. The average molecular weight is 522 g/mol. The van der Waals surface area contributed by atoms with Gasteiger partial charge in [-0.25, -0.2) is 9.59 Å². The van der Waals surface area contributed by atoms with E-state index in [1.807, 2.05) is 19.1 Å². The normalized spacial score (nSPS) is 16.7. The molecule has 194 valence electrons. The van der Waals surface area contributed by atoms with Gasteiger partial charge in [0.1, 0.15) is 11.1 Å². The average Bonchev–Trinajstić information content (AvgIpc) is 2.78. The third kappa shape index (κ3) is 7.20. The number of ether oxygens (including phenoxy) is 1. The summed E-state index contributed by atoms with van der Waals surface area (Å²) in [5, 5.41) is 0.492. The van der Waals surface area contributed by atoms with Gasteiger partial charge in [-0.1, -0.05) is 67.0 Å². The number of hydrogen-bond acceptors (Lipinski definition) is 5. The van der Waals surface area contributed by atoms with E-state index < -0.39 is 17.5 Å². The van der Waals surface area contributed by atoms with E-state index in [2.05, 4.69) is 32.9 Å². The molecule has 0 unspecified atom stereocenters. The number of halogens is 1. The van der Waals surface area contributed by atoms with Gasteiger partial charge < -0.3 is 14.9 Å². The second kappa shape index (κ2) is 11.6. The third-order valence-corrected chi connectivity index (χ3v) is 6.68. The molecule has 0 fully saturated rings. The van der Waals surface area contributed by atoms with Crippen molar-refractivity contribution in [3.05, 3.63) is 98.0 Å². The number of amides is 1. The molecule has 0 atom stereocenters. The Morgan fingerprint density at radius 2 is 1.86 bits per heavy atom. The lowest BCUT2D eigenvalue weighted by Gasteiger charge is -2.32. The summed E-state index contributed by atoms with van der Waals surface area (Å²) in [4.78, 5) is 35.7. The molecule has 0 aliphatic heterocycles. The minimum Gasteiger partial charge on any atom is -0.422 e. The minimum absolute atomic E-state index is 0.0262. The number of primary amides is 1. The summed E-state index contributed by atoms with van der Waals surface area (Å²) >= 11 is 6.22. The SMILES string of the molecule is CC1=C(/C=C/C(C)=C/C=C/C(C)=C/C(=O)Oc2cc3oc(=O)c(C(N)=O)cc3cc2Cl)C(C)(C)CCC1. The summed E-state index contributed by atoms with van der Waals surface area (Å²) in [6, 6.07) is 4.04. The summed E-state index contributed by atoms with van der Waals surface area (Å²) in [5.41, 5.74) is 8.95. The summed E-state index contributed by atoms with van der Waals surface area (Å²) < 4.78 is 10.5. The molecule has 2 N–H and O–H groups in total. The fourth-order valence-electron chi connectivity index (χ4n) is 4.37. The number of carbonyl (C=O) groups excluding carboxylic acids is 2. The molecule has 1 aliphatic rings. The molecule has 7 heteroatoms. The number of rotatable bonds is 7. The Kier molecular flexibility index (Phi) is 8.77. The first-order valence-electron chi connectivity index (χ1n) is 12.1. The molecule has 0 spiro atoms. The number of allylic oxidation sites excluding steroid dienone is 9. The fraction of sp³-hybridized carbons (Fsp3) is 0.300. The van der Waals surface area contributed by atoms with Gasteiger partial charge in [0.05, 0.1) is 5.02 Å². The molecule has 37 heavy (non-hydrogen) atoms. The Morgan fingerprint density at radius 1 is 1.14 bits per heavy atom. The highest BCUT2D eigenvalue weighted by Crippen LogP contribution is 2.40. The molecular weight excluding hydrogens is 490 g/mol. The Bertz CT molecular complexity index is 1450. The van der Waals surface area contributed by atoms with Crippen LogP contribution in [0.5, 0.6) is 5.75 Å². The van der Waals surface area contributed by atoms with Crippen molar-refractivity contribution < 1.29 is 18.7 Å². The summed E-state index contributed by atoms with van der Waals surface area (Å²) in [6.45, 7) is 10.6. The largest absolute Gasteiger partial charge is 0.422 e. The van der Waals surface area contributed by atoms with E-state index in [4.69, 9.17) is 26.5 Å². The molecule has 3 rings (SSSR count). The standard InChI is InChI=1S/C30H32ClNO5/c1-18(11-12-23-20(3)10-7-13-30(23,4)5)8-6-9-19(2)14-27(33)36-26-17-25-21(16-24(26)31)15-22(28(32)34)29(35)37-25/h6,8-9,11-12,14-17H,7,10,13H2,1-5H3,(H2,32,34)/b9-6+,12-11+,18-8+,19-14+. The van der Waals surface area contributed by atoms with Gasteiger partial charge in [-0.2, -0.15) is 0 Å². The van der Waals surface area contributed by atoms with Crippen molar-refractivity contribution in [2.75, 3.05) is 0 Å². The molecule has 1 aromatic carbocycles. The number of benzene rings is 1. The second-order valence-electron chi connectivity index (χ2n) is 9.98. The van der Waals surface area contributed by atoms with Gasteiger partial charge in [0, 0.05) is 17.5 Å². The van der Waals surface area contributed by atoms with Crippen molar-refractivity contribution in [3.8, 4) is 5.75 Å². The molecule has 2 aromatic rings. The van der Waals surface area contributed by atoms with Crippen LogP contribution in [0.15, 0.2) is 86.2 Å². The van der Waals surface area contributed by atoms with Crippen molar-refractivity contribution in [1.29, 1.82) is 0 Å². The molecule has 6 nitrogen and oxygen atoms in total. The van der Waals surface area contributed by atoms with E-state index in [0.717, 1.165) is 12.0 Å². The van der Waals surface area contributed by atoms with Gasteiger partial charge in [-0.15, -0.1) is 0 Å². The quantitative estimate of drug-likeness (QED) is 0.139. The lowest BCUT2D eigenvalue weighted by molar-refractivity contribution is -0.129. The van der Waals surface area contributed by atoms with Gasteiger partial charge in [0.15, 0.2) is 5.75 Å². The number of fused-ring (bicyclic) bond motifs is 1. The first kappa shape index (κ1) is 27.9. The zero-order chi connectivity index (χ0) is 27.3. The Hall–Kier alpha value is -3.64. The van der Waals surface area contributed by atoms with Crippen molar-refractivity contribution in [3.63, 3.8) is 0 Å².